The van der Waals surface area contributed by atoms with Gasteiger partial charge in [0.05, 0.1) is 6.61 Å². The molecule has 0 aromatic carbocycles. The molecule has 0 aromatic rings. The SMILES string of the molecule is CCCOCCC.CCCOCCCl. The molecule has 14 heavy (non-hydrogen) atoms. The predicted molar refractivity (Wildman–Crippen MR) is 63.2 cm³/mol. The number of halogens is 1. The molecule has 0 rings (SSSR count). The van der Waals surface area contributed by atoms with Crippen LogP contribution in [-0.2, 0) is 9.47 Å². The maximum atomic E-state index is 5.31. The van der Waals surface area contributed by atoms with Gasteiger partial charge in [0.2, 0.25) is 0 Å². The van der Waals surface area contributed by atoms with E-state index in [-0.39, 0.29) is 0 Å². The Balaban J connectivity index is 0. The van der Waals surface area contributed by atoms with Gasteiger partial charge in [-0.1, -0.05) is 20.8 Å². The number of hydrogen-bond acceptors (Lipinski definition) is 2. The minimum atomic E-state index is 0.611. The monoisotopic (exact) mass is 224 g/mol. The predicted octanol–water partition coefficient (Wildman–Crippen LogP) is 3.47. The van der Waals surface area contributed by atoms with Crippen LogP contribution in [0.15, 0.2) is 0 Å². The largest absolute Gasteiger partial charge is 0.381 e. The van der Waals surface area contributed by atoms with E-state index in [4.69, 9.17) is 21.1 Å². The topological polar surface area (TPSA) is 18.5 Å². The highest BCUT2D eigenvalue weighted by Gasteiger charge is 1.79. The Bertz CT molecular complexity index is 61.7. The van der Waals surface area contributed by atoms with E-state index in [1.54, 1.807) is 0 Å². The van der Waals surface area contributed by atoms with Crippen molar-refractivity contribution < 1.29 is 9.47 Å². The zero-order chi connectivity index (χ0) is 11.1. The Morgan fingerprint density at radius 2 is 1.07 bits per heavy atom. The molecule has 0 aliphatic carbocycles. The maximum Gasteiger partial charge on any atom is 0.0601 e. The molecule has 0 fully saturated rings. The lowest BCUT2D eigenvalue weighted by Gasteiger charge is -1.95. The molecule has 0 heterocycles. The van der Waals surface area contributed by atoms with Gasteiger partial charge in [-0.15, -0.1) is 11.6 Å². The Labute approximate surface area is 93.9 Å². The van der Waals surface area contributed by atoms with Gasteiger partial charge in [0.25, 0.3) is 0 Å². The molecule has 3 heteroatoms. The summed E-state index contributed by atoms with van der Waals surface area (Å²) in [6.07, 6.45) is 3.36. The third kappa shape index (κ3) is 22.8. The summed E-state index contributed by atoms with van der Waals surface area (Å²) in [6, 6.07) is 0. The Kier molecular flexibility index (Phi) is 22.4. The van der Waals surface area contributed by atoms with Gasteiger partial charge in [-0.05, 0) is 19.3 Å². The summed E-state index contributed by atoms with van der Waals surface area (Å²) in [5, 5.41) is 0. The fraction of sp³-hybridized carbons (Fsp3) is 1.00. The highest BCUT2D eigenvalue weighted by atomic mass is 35.5. The first kappa shape index (κ1) is 16.6. The number of ether oxygens (including phenoxy) is 2. The van der Waals surface area contributed by atoms with E-state index in [0.717, 1.165) is 39.1 Å². The van der Waals surface area contributed by atoms with Crippen molar-refractivity contribution in [2.45, 2.75) is 40.0 Å². The van der Waals surface area contributed by atoms with E-state index in [2.05, 4.69) is 20.8 Å². The molecule has 0 bridgehead atoms. The summed E-state index contributed by atoms with van der Waals surface area (Å²) < 4.78 is 10.1. The minimum absolute atomic E-state index is 0.611. The maximum absolute atomic E-state index is 5.31. The third-order valence-electron chi connectivity index (χ3n) is 1.27. The van der Waals surface area contributed by atoms with Gasteiger partial charge in [-0.2, -0.15) is 0 Å². The smallest absolute Gasteiger partial charge is 0.0601 e. The van der Waals surface area contributed by atoms with E-state index in [0.29, 0.717) is 12.5 Å². The van der Waals surface area contributed by atoms with Crippen molar-refractivity contribution in [3.05, 3.63) is 0 Å². The first-order valence-electron chi connectivity index (χ1n) is 5.54. The van der Waals surface area contributed by atoms with Gasteiger partial charge in [0.1, 0.15) is 0 Å². The second-order valence-corrected chi connectivity index (χ2v) is 3.29. The van der Waals surface area contributed by atoms with Gasteiger partial charge < -0.3 is 9.47 Å². The van der Waals surface area contributed by atoms with E-state index in [9.17, 15) is 0 Å². The lowest BCUT2D eigenvalue weighted by Crippen LogP contribution is -1.95. The second-order valence-electron chi connectivity index (χ2n) is 2.91. The normalized spacial score (nSPS) is 9.43. The van der Waals surface area contributed by atoms with Crippen molar-refractivity contribution in [1.29, 1.82) is 0 Å². The Hall–Kier alpha value is 0.210. The molecule has 88 valence electrons. The lowest BCUT2D eigenvalue weighted by atomic mass is 10.5. The molecule has 0 atom stereocenters. The zero-order valence-electron chi connectivity index (χ0n) is 9.85. The average Bonchev–Trinajstić information content (AvgIpc) is 2.21. The molecule has 0 aliphatic heterocycles. The van der Waals surface area contributed by atoms with E-state index >= 15 is 0 Å². The Morgan fingerprint density at radius 3 is 1.36 bits per heavy atom. The minimum Gasteiger partial charge on any atom is -0.381 e. The van der Waals surface area contributed by atoms with E-state index < -0.39 is 0 Å². The fourth-order valence-corrected chi connectivity index (χ4v) is 0.801. The lowest BCUT2D eigenvalue weighted by molar-refractivity contribution is 0.135. The van der Waals surface area contributed by atoms with Crippen LogP contribution in [0.4, 0.5) is 0 Å². The summed E-state index contributed by atoms with van der Waals surface area (Å²) in [5.74, 6) is 0.611. The van der Waals surface area contributed by atoms with Crippen molar-refractivity contribution in [1.82, 2.24) is 0 Å². The summed E-state index contributed by atoms with van der Waals surface area (Å²) in [4.78, 5) is 0. The number of hydrogen-bond donors (Lipinski definition) is 0. The quantitative estimate of drug-likeness (QED) is 0.464. The first-order valence-corrected chi connectivity index (χ1v) is 6.08. The molecule has 0 unspecified atom stereocenters. The van der Waals surface area contributed by atoms with Crippen molar-refractivity contribution >= 4 is 11.6 Å². The van der Waals surface area contributed by atoms with Gasteiger partial charge in [0, 0.05) is 25.7 Å². The molecule has 0 N–H and O–H groups in total. The molecule has 0 radical (unpaired) electrons. The van der Waals surface area contributed by atoms with Crippen LogP contribution in [0, 0.1) is 0 Å². The molecule has 2 nitrogen and oxygen atoms in total. The molecule has 0 aromatic heterocycles. The summed E-state index contributed by atoms with van der Waals surface area (Å²) in [6.45, 7) is 9.70. The zero-order valence-corrected chi connectivity index (χ0v) is 10.6. The van der Waals surface area contributed by atoms with Crippen LogP contribution >= 0.6 is 11.6 Å². The molecular weight excluding hydrogens is 200 g/mol. The molecule has 0 aliphatic rings. The van der Waals surface area contributed by atoms with Crippen molar-refractivity contribution in [2.75, 3.05) is 32.3 Å². The van der Waals surface area contributed by atoms with Gasteiger partial charge in [-0.25, -0.2) is 0 Å². The van der Waals surface area contributed by atoms with Crippen molar-refractivity contribution in [2.24, 2.45) is 0 Å². The third-order valence-corrected chi connectivity index (χ3v) is 1.42. The van der Waals surface area contributed by atoms with Crippen LogP contribution in [0.5, 0.6) is 0 Å². The molecular formula is C11H25ClO2. The van der Waals surface area contributed by atoms with Crippen LogP contribution in [0.1, 0.15) is 40.0 Å². The van der Waals surface area contributed by atoms with E-state index in [1.807, 2.05) is 0 Å². The van der Waals surface area contributed by atoms with Crippen LogP contribution in [0.25, 0.3) is 0 Å². The summed E-state index contributed by atoms with van der Waals surface area (Å²) in [7, 11) is 0. The van der Waals surface area contributed by atoms with Crippen LogP contribution < -0.4 is 0 Å². The van der Waals surface area contributed by atoms with Crippen LogP contribution in [0.3, 0.4) is 0 Å². The van der Waals surface area contributed by atoms with Gasteiger partial charge in [-0.3, -0.25) is 0 Å². The molecule has 0 spiro atoms. The summed E-state index contributed by atoms with van der Waals surface area (Å²) in [5.41, 5.74) is 0. The highest BCUT2D eigenvalue weighted by Crippen LogP contribution is 1.81. The summed E-state index contributed by atoms with van der Waals surface area (Å²) >= 11 is 5.31. The Morgan fingerprint density at radius 1 is 0.714 bits per heavy atom. The number of alkyl halides is 1. The fourth-order valence-electron chi connectivity index (χ4n) is 0.692. The van der Waals surface area contributed by atoms with Crippen LogP contribution in [0.2, 0.25) is 0 Å². The van der Waals surface area contributed by atoms with Gasteiger partial charge >= 0.3 is 0 Å². The van der Waals surface area contributed by atoms with Crippen molar-refractivity contribution in [3.63, 3.8) is 0 Å². The average molecular weight is 225 g/mol. The van der Waals surface area contributed by atoms with Crippen molar-refractivity contribution in [3.8, 4) is 0 Å². The highest BCUT2D eigenvalue weighted by molar-refractivity contribution is 6.17. The molecule has 0 saturated heterocycles. The first-order chi connectivity index (χ1) is 6.83. The molecule has 0 saturated carbocycles. The number of rotatable bonds is 8. The van der Waals surface area contributed by atoms with E-state index in [1.165, 1.54) is 0 Å². The van der Waals surface area contributed by atoms with Gasteiger partial charge in [0.15, 0.2) is 0 Å². The second kappa shape index (κ2) is 18.9. The van der Waals surface area contributed by atoms with Crippen LogP contribution in [-0.4, -0.2) is 32.3 Å². The molecule has 0 amide bonds. The standard InChI is InChI=1S/C6H14O.C5H11ClO/c1-3-5-7-6-4-2;1-2-4-7-5-3-6/h3-6H2,1-2H3;2-5H2,1H3.